The van der Waals surface area contributed by atoms with Gasteiger partial charge in [-0.15, -0.1) is 0 Å². The number of phenolic OH excluding ortho intramolecular Hbond substituents is 1. The normalized spacial score (nSPS) is 11.3. The smallest absolute Gasteiger partial charge is 0.122 e. The number of nitriles is 1. The van der Waals surface area contributed by atoms with E-state index in [4.69, 9.17) is 5.26 Å². The molecule has 1 aromatic carbocycles. The molecule has 0 heterocycles. The Hall–Kier alpha value is -2.28. The van der Waals surface area contributed by atoms with Gasteiger partial charge in [0, 0.05) is 5.56 Å². The van der Waals surface area contributed by atoms with Crippen LogP contribution in [0.4, 0.5) is 0 Å². The van der Waals surface area contributed by atoms with Crippen molar-refractivity contribution >= 4 is 12.3 Å². The van der Waals surface area contributed by atoms with Crippen LogP contribution >= 0.6 is 0 Å². The fraction of sp³-hybridized carbons (Fsp3) is 0.0909. The Morgan fingerprint density at radius 1 is 1.53 bits per heavy atom. The number of para-hydroxylation sites is 1. The average molecular weight is 202 g/mol. The number of benzene rings is 1. The minimum absolute atomic E-state index is 0.121. The van der Waals surface area contributed by atoms with E-state index in [1.165, 1.54) is 19.4 Å². The van der Waals surface area contributed by atoms with E-state index in [1.54, 1.807) is 24.3 Å². The van der Waals surface area contributed by atoms with Crippen LogP contribution in [0, 0.1) is 11.3 Å². The second kappa shape index (κ2) is 5.45. The highest BCUT2D eigenvalue weighted by Gasteiger charge is 1.97. The lowest BCUT2D eigenvalue weighted by molar-refractivity contribution is 0.215. The summed E-state index contributed by atoms with van der Waals surface area (Å²) in [6, 6.07) is 8.67. The van der Waals surface area contributed by atoms with E-state index in [-0.39, 0.29) is 5.75 Å². The zero-order chi connectivity index (χ0) is 11.1. The molecule has 0 saturated carbocycles. The van der Waals surface area contributed by atoms with Gasteiger partial charge in [0.05, 0.1) is 11.8 Å². The maximum Gasteiger partial charge on any atom is 0.122 e. The Labute approximate surface area is 87.7 Å². The van der Waals surface area contributed by atoms with Gasteiger partial charge < -0.3 is 9.94 Å². The van der Waals surface area contributed by atoms with E-state index in [0.29, 0.717) is 11.1 Å². The van der Waals surface area contributed by atoms with Crippen molar-refractivity contribution < 1.29 is 9.94 Å². The lowest BCUT2D eigenvalue weighted by atomic mass is 10.1. The molecule has 0 atom stereocenters. The van der Waals surface area contributed by atoms with Gasteiger partial charge in [0.2, 0.25) is 0 Å². The van der Waals surface area contributed by atoms with Gasteiger partial charge in [0.25, 0.3) is 0 Å². The third-order valence-corrected chi connectivity index (χ3v) is 1.67. The molecule has 0 aliphatic carbocycles. The third kappa shape index (κ3) is 3.16. The molecule has 1 N–H and O–H groups in total. The first-order valence-electron chi connectivity index (χ1n) is 4.24. The molecule has 1 rings (SSSR count). The second-order valence-electron chi connectivity index (χ2n) is 2.69. The summed E-state index contributed by atoms with van der Waals surface area (Å²) >= 11 is 0. The van der Waals surface area contributed by atoms with E-state index < -0.39 is 0 Å². The van der Waals surface area contributed by atoms with E-state index >= 15 is 0 Å². The van der Waals surface area contributed by atoms with Crippen LogP contribution in [0.3, 0.4) is 0 Å². The van der Waals surface area contributed by atoms with Crippen LogP contribution in [0.2, 0.25) is 0 Å². The highest BCUT2D eigenvalue weighted by atomic mass is 16.6. The largest absolute Gasteiger partial charge is 0.507 e. The van der Waals surface area contributed by atoms with Crippen molar-refractivity contribution in [2.75, 3.05) is 7.11 Å². The number of hydrogen-bond acceptors (Lipinski definition) is 4. The molecule has 4 heteroatoms. The number of aromatic hydroxyl groups is 1. The number of allylic oxidation sites excluding steroid dienone is 1. The summed E-state index contributed by atoms with van der Waals surface area (Å²) in [7, 11) is 1.39. The van der Waals surface area contributed by atoms with Gasteiger partial charge in [-0.2, -0.15) is 5.26 Å². The van der Waals surface area contributed by atoms with Crippen molar-refractivity contribution in [3.63, 3.8) is 0 Å². The number of nitrogens with zero attached hydrogens (tertiary/aromatic N) is 2. The first-order valence-corrected chi connectivity index (χ1v) is 4.24. The van der Waals surface area contributed by atoms with Crippen LogP contribution in [-0.4, -0.2) is 18.4 Å². The topological polar surface area (TPSA) is 65.6 Å². The van der Waals surface area contributed by atoms with Gasteiger partial charge in [0.15, 0.2) is 0 Å². The molecule has 1 aromatic rings. The van der Waals surface area contributed by atoms with Crippen molar-refractivity contribution in [3.05, 3.63) is 35.4 Å². The monoisotopic (exact) mass is 202 g/mol. The molecule has 15 heavy (non-hydrogen) atoms. The Morgan fingerprint density at radius 2 is 2.27 bits per heavy atom. The zero-order valence-electron chi connectivity index (χ0n) is 8.21. The summed E-state index contributed by atoms with van der Waals surface area (Å²) in [5, 5.41) is 21.7. The number of rotatable bonds is 3. The molecule has 0 aromatic heterocycles. The predicted octanol–water partition coefficient (Wildman–Crippen LogP) is 1.93. The van der Waals surface area contributed by atoms with Crippen molar-refractivity contribution in [3.8, 4) is 11.8 Å². The minimum atomic E-state index is 0.121. The van der Waals surface area contributed by atoms with Crippen molar-refractivity contribution in [2.24, 2.45) is 5.16 Å². The maximum atomic E-state index is 9.45. The molecule has 0 amide bonds. The first-order chi connectivity index (χ1) is 7.27. The second-order valence-corrected chi connectivity index (χ2v) is 2.69. The van der Waals surface area contributed by atoms with Gasteiger partial charge in [-0.1, -0.05) is 23.4 Å². The summed E-state index contributed by atoms with van der Waals surface area (Å²) in [5.74, 6) is 0.121. The van der Waals surface area contributed by atoms with Crippen molar-refractivity contribution in [2.45, 2.75) is 0 Å². The zero-order valence-corrected chi connectivity index (χ0v) is 8.21. The quantitative estimate of drug-likeness (QED) is 0.462. The summed E-state index contributed by atoms with van der Waals surface area (Å²) in [4.78, 5) is 4.46. The Kier molecular flexibility index (Phi) is 3.92. The van der Waals surface area contributed by atoms with Crippen LogP contribution in [0.15, 0.2) is 35.0 Å². The number of oxime groups is 1. The highest BCUT2D eigenvalue weighted by molar-refractivity contribution is 5.90. The van der Waals surface area contributed by atoms with Gasteiger partial charge in [0.1, 0.15) is 18.9 Å². The van der Waals surface area contributed by atoms with E-state index in [0.717, 1.165) is 0 Å². The van der Waals surface area contributed by atoms with Crippen LogP contribution in [-0.2, 0) is 4.84 Å². The molecule has 0 aliphatic heterocycles. The summed E-state index contributed by atoms with van der Waals surface area (Å²) < 4.78 is 0. The Bertz CT molecular complexity index is 430. The van der Waals surface area contributed by atoms with Crippen LogP contribution in [0.5, 0.6) is 5.75 Å². The fourth-order valence-electron chi connectivity index (χ4n) is 0.985. The minimum Gasteiger partial charge on any atom is -0.507 e. The van der Waals surface area contributed by atoms with Gasteiger partial charge in [-0.05, 0) is 12.1 Å². The molecule has 0 radical (unpaired) electrons. The molecule has 0 unspecified atom stereocenters. The summed E-state index contributed by atoms with van der Waals surface area (Å²) in [6.45, 7) is 0. The van der Waals surface area contributed by atoms with Gasteiger partial charge in [-0.25, -0.2) is 0 Å². The number of phenols is 1. The van der Waals surface area contributed by atoms with Crippen LogP contribution in [0.25, 0.3) is 6.08 Å². The molecular weight excluding hydrogens is 192 g/mol. The van der Waals surface area contributed by atoms with Crippen LogP contribution < -0.4 is 0 Å². The molecule has 0 aliphatic rings. The first kappa shape index (κ1) is 10.8. The Morgan fingerprint density at radius 3 is 2.87 bits per heavy atom. The lowest BCUT2D eigenvalue weighted by Gasteiger charge is -1.97. The predicted molar refractivity (Wildman–Crippen MR) is 57.2 cm³/mol. The molecular formula is C11H10N2O2. The molecule has 0 bridgehead atoms. The molecule has 0 saturated heterocycles. The molecule has 0 spiro atoms. The highest BCUT2D eigenvalue weighted by Crippen LogP contribution is 2.18. The fourth-order valence-corrected chi connectivity index (χ4v) is 0.985. The third-order valence-electron chi connectivity index (χ3n) is 1.67. The summed E-state index contributed by atoms with van der Waals surface area (Å²) in [6.07, 6.45) is 2.81. The SMILES string of the molecule is CO/N=C\C(C#N)=C\c1ccccc1O. The standard InChI is InChI=1S/C11H10N2O2/c1-15-13-8-9(7-12)6-10-4-2-3-5-11(10)14/h2-6,8,14H,1H3/b9-6+,13-8-. The molecule has 4 nitrogen and oxygen atoms in total. The van der Waals surface area contributed by atoms with Crippen molar-refractivity contribution in [1.29, 1.82) is 5.26 Å². The van der Waals surface area contributed by atoms with E-state index in [1.807, 2.05) is 6.07 Å². The van der Waals surface area contributed by atoms with Crippen LogP contribution in [0.1, 0.15) is 5.56 Å². The summed E-state index contributed by atoms with van der Waals surface area (Å²) in [5.41, 5.74) is 0.870. The van der Waals surface area contributed by atoms with Gasteiger partial charge in [-0.3, -0.25) is 0 Å². The molecule has 76 valence electrons. The maximum absolute atomic E-state index is 9.45. The number of hydrogen-bond donors (Lipinski definition) is 1. The Balaban J connectivity index is 3.00. The lowest BCUT2D eigenvalue weighted by Crippen LogP contribution is -1.83. The van der Waals surface area contributed by atoms with Crippen molar-refractivity contribution in [1.82, 2.24) is 0 Å². The average Bonchev–Trinajstić information content (AvgIpc) is 2.26. The van der Waals surface area contributed by atoms with Gasteiger partial charge >= 0.3 is 0 Å². The van der Waals surface area contributed by atoms with E-state index in [9.17, 15) is 5.11 Å². The van der Waals surface area contributed by atoms with E-state index in [2.05, 4.69) is 9.99 Å². The molecule has 0 fully saturated rings.